The van der Waals surface area contributed by atoms with Crippen molar-refractivity contribution in [2.24, 2.45) is 0 Å². The fourth-order valence-corrected chi connectivity index (χ4v) is 1.39. The third-order valence-electron chi connectivity index (χ3n) is 2.37. The van der Waals surface area contributed by atoms with Gasteiger partial charge in [0.2, 0.25) is 5.89 Å². The van der Waals surface area contributed by atoms with E-state index in [-0.39, 0.29) is 24.4 Å². The van der Waals surface area contributed by atoms with Gasteiger partial charge in [-0.2, -0.15) is 13.2 Å². The van der Waals surface area contributed by atoms with Crippen molar-refractivity contribution in [2.75, 3.05) is 0 Å². The normalized spacial score (nSPS) is 11.6. The maximum absolute atomic E-state index is 12.4. The minimum Gasteiger partial charge on any atom is -0.481 e. The topological polar surface area (TPSA) is 80.1 Å². The molecule has 0 atom stereocenters. The lowest BCUT2D eigenvalue weighted by Gasteiger charge is -1.98. The molecule has 0 aliphatic carbocycles. The van der Waals surface area contributed by atoms with Gasteiger partial charge in [-0.05, 0) is 5.10 Å². The third kappa shape index (κ3) is 3.31. The zero-order valence-corrected chi connectivity index (χ0v) is 9.96. The molecule has 20 heavy (non-hydrogen) atoms. The van der Waals surface area contributed by atoms with E-state index < -0.39 is 17.8 Å². The van der Waals surface area contributed by atoms with Gasteiger partial charge in [-0.3, -0.25) is 4.79 Å². The number of aliphatic carboxylic acids is 1. The van der Waals surface area contributed by atoms with Gasteiger partial charge in [-0.25, -0.2) is 4.98 Å². The number of carbonyl (C=O) groups is 1. The quantitative estimate of drug-likeness (QED) is 0.863. The highest BCUT2D eigenvalue weighted by atomic mass is 19.4. The molecule has 0 amide bonds. The van der Waals surface area contributed by atoms with E-state index in [9.17, 15) is 18.0 Å². The predicted octanol–water partition coefficient (Wildman–Crippen LogP) is 1.52. The summed E-state index contributed by atoms with van der Waals surface area (Å²) in [7, 11) is 0. The molecule has 2 heterocycles. The highest BCUT2D eigenvalue weighted by Crippen LogP contribution is 2.30. The van der Waals surface area contributed by atoms with Crippen LogP contribution in [-0.2, 0) is 17.5 Å². The van der Waals surface area contributed by atoms with Crippen LogP contribution in [0.3, 0.4) is 0 Å². The molecule has 6 nitrogen and oxygen atoms in total. The van der Waals surface area contributed by atoms with Crippen LogP contribution in [0.2, 0.25) is 0 Å². The molecule has 9 heteroatoms. The molecule has 0 fully saturated rings. The first-order chi connectivity index (χ1) is 9.36. The molecule has 2 rings (SSSR count). The summed E-state index contributed by atoms with van der Waals surface area (Å²) in [6, 6.07) is 1.45. The van der Waals surface area contributed by atoms with Crippen LogP contribution in [0.4, 0.5) is 13.2 Å². The second kappa shape index (κ2) is 5.27. The number of aryl methyl sites for hydroxylation is 1. The molecular formula is C11H9F3N3O3+. The van der Waals surface area contributed by atoms with Crippen molar-refractivity contribution < 1.29 is 32.2 Å². The van der Waals surface area contributed by atoms with E-state index in [4.69, 9.17) is 9.52 Å². The van der Waals surface area contributed by atoms with Gasteiger partial charge >= 0.3 is 12.1 Å². The van der Waals surface area contributed by atoms with Crippen molar-refractivity contribution in [3.8, 4) is 11.5 Å². The number of rotatable bonds is 4. The minimum absolute atomic E-state index is 0.103. The first-order valence-electron chi connectivity index (χ1n) is 5.47. The molecule has 0 spiro atoms. The zero-order chi connectivity index (χ0) is 14.8. The number of carboxylic acid groups (broad SMARTS) is 1. The summed E-state index contributed by atoms with van der Waals surface area (Å²) in [6.45, 7) is 0.162. The summed E-state index contributed by atoms with van der Waals surface area (Å²) in [4.78, 5) is 13.7. The van der Waals surface area contributed by atoms with Crippen LogP contribution in [-0.4, -0.2) is 21.2 Å². The third-order valence-corrected chi connectivity index (χ3v) is 2.37. The molecule has 2 aromatic heterocycles. The molecule has 0 unspecified atom stereocenters. The largest absolute Gasteiger partial charge is 0.481 e. The Hall–Kier alpha value is -2.45. The van der Waals surface area contributed by atoms with E-state index in [0.29, 0.717) is 6.26 Å². The molecule has 1 N–H and O–H groups in total. The second-order valence-electron chi connectivity index (χ2n) is 3.86. The van der Waals surface area contributed by atoms with E-state index in [1.807, 2.05) is 0 Å². The average molecular weight is 288 g/mol. The Kier molecular flexibility index (Phi) is 3.68. The van der Waals surface area contributed by atoms with Crippen LogP contribution in [0.1, 0.15) is 12.1 Å². The molecule has 106 valence electrons. The highest BCUT2D eigenvalue weighted by Gasteiger charge is 2.35. The van der Waals surface area contributed by atoms with Gasteiger partial charge in [0.05, 0.1) is 5.56 Å². The van der Waals surface area contributed by atoms with Crippen molar-refractivity contribution in [1.29, 1.82) is 0 Å². The zero-order valence-electron chi connectivity index (χ0n) is 9.96. The van der Waals surface area contributed by atoms with Crippen LogP contribution in [0.5, 0.6) is 0 Å². The Morgan fingerprint density at radius 2 is 2.20 bits per heavy atom. The van der Waals surface area contributed by atoms with Crippen LogP contribution >= 0.6 is 0 Å². The standard InChI is InChI=1S/C11H8F3N3O3/c12-11(13,14)8-6-20-10(16-8)7-1-3-17(15-5-7)4-2-9(18)19/h1,3,5-6H,2,4H2/p+1. The monoisotopic (exact) mass is 288 g/mol. The highest BCUT2D eigenvalue weighted by molar-refractivity contribution is 5.66. The number of hydrogen-bond donors (Lipinski definition) is 1. The Balaban J connectivity index is 2.14. The minimum atomic E-state index is -4.56. The van der Waals surface area contributed by atoms with Crippen molar-refractivity contribution in [1.82, 2.24) is 10.1 Å². The summed E-state index contributed by atoms with van der Waals surface area (Å²) >= 11 is 0. The number of hydrogen-bond acceptors (Lipinski definition) is 4. The first-order valence-corrected chi connectivity index (χ1v) is 5.47. The number of aromatic nitrogens is 3. The van der Waals surface area contributed by atoms with Gasteiger partial charge < -0.3 is 9.52 Å². The van der Waals surface area contributed by atoms with E-state index in [2.05, 4.69) is 10.1 Å². The van der Waals surface area contributed by atoms with Gasteiger partial charge in [0.25, 0.3) is 0 Å². The number of carboxylic acids is 1. The van der Waals surface area contributed by atoms with Crippen LogP contribution in [0.15, 0.2) is 29.1 Å². The molecule has 0 bridgehead atoms. The SMILES string of the molecule is O=C(O)CC[n+]1ccc(-c2nc(C(F)(F)F)co2)cn1. The number of nitrogens with zero attached hydrogens (tertiary/aromatic N) is 3. The number of oxazole rings is 1. The fraction of sp³-hybridized carbons (Fsp3) is 0.273. The Bertz CT molecular complexity index is 607. The lowest BCUT2D eigenvalue weighted by molar-refractivity contribution is -0.752. The molecule has 0 aliphatic rings. The lowest BCUT2D eigenvalue weighted by atomic mass is 10.3. The van der Waals surface area contributed by atoms with Crippen molar-refractivity contribution >= 4 is 5.97 Å². The Labute approximate surface area is 110 Å². The van der Waals surface area contributed by atoms with E-state index in [1.54, 1.807) is 0 Å². The first kappa shape index (κ1) is 14.0. The average Bonchev–Trinajstić information content (AvgIpc) is 2.86. The van der Waals surface area contributed by atoms with Gasteiger partial charge in [-0.15, -0.1) is 0 Å². The summed E-state index contributed by atoms with van der Waals surface area (Å²) in [5, 5.41) is 12.4. The molecule has 0 saturated heterocycles. The van der Waals surface area contributed by atoms with Gasteiger partial charge in [0.1, 0.15) is 18.9 Å². The van der Waals surface area contributed by atoms with Gasteiger partial charge in [0.15, 0.2) is 18.4 Å². The van der Waals surface area contributed by atoms with Crippen molar-refractivity contribution in [2.45, 2.75) is 19.1 Å². The number of halogens is 3. The number of alkyl halides is 3. The lowest BCUT2D eigenvalue weighted by Crippen LogP contribution is -2.38. The van der Waals surface area contributed by atoms with Gasteiger partial charge in [0, 0.05) is 6.07 Å². The van der Waals surface area contributed by atoms with Crippen LogP contribution < -0.4 is 4.68 Å². The van der Waals surface area contributed by atoms with Crippen molar-refractivity contribution in [3.05, 3.63) is 30.4 Å². The summed E-state index contributed by atoms with van der Waals surface area (Å²) in [6.07, 6.45) is -1.44. The Morgan fingerprint density at radius 3 is 2.70 bits per heavy atom. The second-order valence-corrected chi connectivity index (χ2v) is 3.86. The van der Waals surface area contributed by atoms with E-state index >= 15 is 0 Å². The summed E-state index contributed by atoms with van der Waals surface area (Å²) < 4.78 is 43.2. The molecule has 2 aromatic rings. The van der Waals surface area contributed by atoms with E-state index in [1.165, 1.54) is 23.1 Å². The van der Waals surface area contributed by atoms with Gasteiger partial charge in [-0.1, -0.05) is 4.68 Å². The summed E-state index contributed by atoms with van der Waals surface area (Å²) in [5.74, 6) is -1.17. The molecule has 0 radical (unpaired) electrons. The maximum Gasteiger partial charge on any atom is 0.436 e. The maximum atomic E-state index is 12.4. The smallest absolute Gasteiger partial charge is 0.436 e. The Morgan fingerprint density at radius 1 is 1.45 bits per heavy atom. The molecular weight excluding hydrogens is 279 g/mol. The van der Waals surface area contributed by atoms with Crippen LogP contribution in [0, 0.1) is 0 Å². The molecule has 0 aromatic carbocycles. The molecule has 0 aliphatic heterocycles. The van der Waals surface area contributed by atoms with Crippen LogP contribution in [0.25, 0.3) is 11.5 Å². The van der Waals surface area contributed by atoms with Crippen molar-refractivity contribution in [3.63, 3.8) is 0 Å². The molecule has 0 saturated carbocycles. The summed E-state index contributed by atoms with van der Waals surface area (Å²) in [5.41, 5.74) is -0.845. The van der Waals surface area contributed by atoms with E-state index in [0.717, 1.165) is 0 Å². The fourth-order valence-electron chi connectivity index (χ4n) is 1.39. The predicted molar refractivity (Wildman–Crippen MR) is 57.2 cm³/mol.